The molecule has 1 heterocycles. The SMILES string of the molecule is c1ccc(-c2c3ccccc3c(-c3ccccc3)c3cc(-c4ccc(-c5cccc6c5[nH]c5ccccc56)cc4)ccc23)cc1. The molecule has 0 atom stereocenters. The van der Waals surface area contributed by atoms with Crippen molar-refractivity contribution in [2.45, 2.75) is 0 Å². The van der Waals surface area contributed by atoms with E-state index in [4.69, 9.17) is 0 Å². The molecule has 0 radical (unpaired) electrons. The van der Waals surface area contributed by atoms with E-state index in [2.05, 4.69) is 175 Å². The van der Waals surface area contributed by atoms with Gasteiger partial charge < -0.3 is 4.98 Å². The summed E-state index contributed by atoms with van der Waals surface area (Å²) in [6, 6.07) is 61.7. The molecule has 0 amide bonds. The Morgan fingerprint density at radius 3 is 1.49 bits per heavy atom. The van der Waals surface area contributed by atoms with Gasteiger partial charge in [-0.3, -0.25) is 0 Å². The molecular weight excluding hydrogens is 542 g/mol. The van der Waals surface area contributed by atoms with Crippen molar-refractivity contribution in [1.29, 1.82) is 0 Å². The second kappa shape index (κ2) is 10.4. The summed E-state index contributed by atoms with van der Waals surface area (Å²) in [6.45, 7) is 0. The Morgan fingerprint density at radius 2 is 0.800 bits per heavy atom. The summed E-state index contributed by atoms with van der Waals surface area (Å²) < 4.78 is 0. The second-order valence-corrected chi connectivity index (χ2v) is 11.8. The van der Waals surface area contributed by atoms with E-state index in [0.717, 1.165) is 0 Å². The lowest BCUT2D eigenvalue weighted by Gasteiger charge is -2.18. The maximum atomic E-state index is 3.67. The third kappa shape index (κ3) is 4.17. The van der Waals surface area contributed by atoms with Gasteiger partial charge in [0.25, 0.3) is 0 Å². The number of nitrogens with one attached hydrogen (secondary N) is 1. The maximum Gasteiger partial charge on any atom is 0.0544 e. The van der Waals surface area contributed by atoms with Crippen molar-refractivity contribution in [1.82, 2.24) is 4.98 Å². The van der Waals surface area contributed by atoms with Crippen LogP contribution < -0.4 is 0 Å². The predicted molar refractivity (Wildman–Crippen MR) is 193 cm³/mol. The highest BCUT2D eigenvalue weighted by Crippen LogP contribution is 2.45. The fourth-order valence-electron chi connectivity index (χ4n) is 7.15. The van der Waals surface area contributed by atoms with Crippen molar-refractivity contribution < 1.29 is 0 Å². The maximum absolute atomic E-state index is 3.67. The lowest BCUT2D eigenvalue weighted by atomic mass is 9.85. The quantitative estimate of drug-likeness (QED) is 0.202. The lowest BCUT2D eigenvalue weighted by molar-refractivity contribution is 1.53. The fourth-order valence-corrected chi connectivity index (χ4v) is 7.15. The molecule has 9 aromatic rings. The van der Waals surface area contributed by atoms with Crippen molar-refractivity contribution in [2.75, 3.05) is 0 Å². The van der Waals surface area contributed by atoms with Crippen LogP contribution in [-0.2, 0) is 0 Å². The largest absolute Gasteiger partial charge is 0.354 e. The summed E-state index contributed by atoms with van der Waals surface area (Å²) in [4.78, 5) is 3.67. The number of hydrogen-bond acceptors (Lipinski definition) is 0. The number of aromatic amines is 1. The molecule has 8 aromatic carbocycles. The van der Waals surface area contributed by atoms with Crippen LogP contribution in [0.25, 0.3) is 87.9 Å². The molecule has 1 heteroatoms. The molecule has 0 saturated heterocycles. The summed E-state index contributed by atoms with van der Waals surface area (Å²) in [5, 5.41) is 7.61. The summed E-state index contributed by atoms with van der Waals surface area (Å²) >= 11 is 0. The van der Waals surface area contributed by atoms with Crippen molar-refractivity contribution >= 4 is 43.4 Å². The van der Waals surface area contributed by atoms with Crippen LogP contribution >= 0.6 is 0 Å². The van der Waals surface area contributed by atoms with E-state index < -0.39 is 0 Å². The van der Waals surface area contributed by atoms with Gasteiger partial charge >= 0.3 is 0 Å². The third-order valence-electron chi connectivity index (χ3n) is 9.22. The predicted octanol–water partition coefficient (Wildman–Crippen LogP) is 12.3. The zero-order valence-electron chi connectivity index (χ0n) is 24.7. The standard InChI is InChI=1S/C44H29N/c1-3-12-31(13-4-1)42-36-17-7-8-18-37(36)43(32-14-5-2-6-15-32)40-28-33(26-27-38(40)42)29-22-24-30(25-23-29)34-19-11-20-39-35-16-9-10-21-41(35)45-44(34)39/h1-28,45H. The average Bonchev–Trinajstić information content (AvgIpc) is 3.50. The Balaban J connectivity index is 1.24. The van der Waals surface area contributed by atoms with Gasteiger partial charge in [-0.2, -0.15) is 0 Å². The molecular formula is C44H29N. The third-order valence-corrected chi connectivity index (χ3v) is 9.22. The first kappa shape index (κ1) is 25.6. The van der Waals surface area contributed by atoms with Gasteiger partial charge in [0.15, 0.2) is 0 Å². The number of H-pyrrole nitrogens is 1. The van der Waals surface area contributed by atoms with Gasteiger partial charge in [-0.15, -0.1) is 0 Å². The van der Waals surface area contributed by atoms with Gasteiger partial charge in [0.05, 0.1) is 5.52 Å². The van der Waals surface area contributed by atoms with Gasteiger partial charge in [0.1, 0.15) is 0 Å². The number of hydrogen-bond donors (Lipinski definition) is 1. The van der Waals surface area contributed by atoms with E-state index >= 15 is 0 Å². The summed E-state index contributed by atoms with van der Waals surface area (Å²) in [5.41, 5.74) is 12.2. The average molecular weight is 572 g/mol. The molecule has 0 saturated carbocycles. The van der Waals surface area contributed by atoms with Crippen LogP contribution in [0, 0.1) is 0 Å². The van der Waals surface area contributed by atoms with Crippen LogP contribution in [0.3, 0.4) is 0 Å². The molecule has 0 bridgehead atoms. The van der Waals surface area contributed by atoms with Crippen molar-refractivity contribution in [3.8, 4) is 44.5 Å². The molecule has 0 spiro atoms. The molecule has 1 N–H and O–H groups in total. The van der Waals surface area contributed by atoms with E-state index in [1.807, 2.05) is 0 Å². The molecule has 9 rings (SSSR count). The molecule has 0 aliphatic rings. The van der Waals surface area contributed by atoms with E-state index in [9.17, 15) is 0 Å². The lowest BCUT2D eigenvalue weighted by Crippen LogP contribution is -1.91. The molecule has 0 aliphatic heterocycles. The van der Waals surface area contributed by atoms with Crippen LogP contribution in [0.4, 0.5) is 0 Å². The Labute approximate surface area is 262 Å². The van der Waals surface area contributed by atoms with Crippen LogP contribution in [0.2, 0.25) is 0 Å². The van der Waals surface area contributed by atoms with Crippen LogP contribution in [0.5, 0.6) is 0 Å². The van der Waals surface area contributed by atoms with E-state index in [0.29, 0.717) is 0 Å². The minimum atomic E-state index is 1.17. The number of para-hydroxylation sites is 2. The Hall–Kier alpha value is -5.92. The van der Waals surface area contributed by atoms with Gasteiger partial charge in [-0.05, 0) is 72.6 Å². The first-order valence-electron chi connectivity index (χ1n) is 15.5. The summed E-state index contributed by atoms with van der Waals surface area (Å²) in [6.07, 6.45) is 0. The number of rotatable bonds is 4. The van der Waals surface area contributed by atoms with Gasteiger partial charge in [-0.1, -0.05) is 158 Å². The smallest absolute Gasteiger partial charge is 0.0544 e. The van der Waals surface area contributed by atoms with Crippen LogP contribution in [0.15, 0.2) is 170 Å². The van der Waals surface area contributed by atoms with Crippen molar-refractivity contribution in [2.24, 2.45) is 0 Å². The highest BCUT2D eigenvalue weighted by Gasteiger charge is 2.17. The van der Waals surface area contributed by atoms with E-state index in [-0.39, 0.29) is 0 Å². The Morgan fingerprint density at radius 1 is 0.289 bits per heavy atom. The fraction of sp³-hybridized carbons (Fsp3) is 0. The molecule has 210 valence electrons. The minimum Gasteiger partial charge on any atom is -0.354 e. The highest BCUT2D eigenvalue weighted by atomic mass is 14.7. The molecule has 45 heavy (non-hydrogen) atoms. The van der Waals surface area contributed by atoms with Gasteiger partial charge in [-0.25, -0.2) is 0 Å². The van der Waals surface area contributed by atoms with Crippen molar-refractivity contribution in [3.63, 3.8) is 0 Å². The van der Waals surface area contributed by atoms with Gasteiger partial charge in [0.2, 0.25) is 0 Å². The molecule has 0 aliphatic carbocycles. The molecule has 0 unspecified atom stereocenters. The zero-order valence-corrected chi connectivity index (χ0v) is 24.7. The normalized spacial score (nSPS) is 11.6. The minimum absolute atomic E-state index is 1.17. The first-order valence-corrected chi connectivity index (χ1v) is 15.5. The Kier molecular flexibility index (Phi) is 5.89. The monoisotopic (exact) mass is 571 g/mol. The second-order valence-electron chi connectivity index (χ2n) is 11.8. The number of fused-ring (bicyclic) bond motifs is 5. The van der Waals surface area contributed by atoms with Gasteiger partial charge in [0, 0.05) is 21.9 Å². The number of benzene rings is 8. The first-order chi connectivity index (χ1) is 22.3. The van der Waals surface area contributed by atoms with E-state index in [1.54, 1.807) is 0 Å². The summed E-state index contributed by atoms with van der Waals surface area (Å²) in [5.74, 6) is 0. The highest BCUT2D eigenvalue weighted by molar-refractivity contribution is 6.22. The topological polar surface area (TPSA) is 15.8 Å². The van der Waals surface area contributed by atoms with Crippen LogP contribution in [0.1, 0.15) is 0 Å². The molecule has 1 aromatic heterocycles. The van der Waals surface area contributed by atoms with Crippen molar-refractivity contribution in [3.05, 3.63) is 170 Å². The van der Waals surface area contributed by atoms with E-state index in [1.165, 1.54) is 87.9 Å². The molecule has 1 nitrogen and oxygen atoms in total. The molecule has 0 fully saturated rings. The summed E-state index contributed by atoms with van der Waals surface area (Å²) in [7, 11) is 0. The Bertz CT molecular complexity index is 2500. The zero-order chi connectivity index (χ0) is 29.7. The number of aromatic nitrogens is 1. The van der Waals surface area contributed by atoms with Crippen LogP contribution in [-0.4, -0.2) is 4.98 Å².